The van der Waals surface area contributed by atoms with Crippen LogP contribution in [0, 0.1) is 0 Å². The van der Waals surface area contributed by atoms with E-state index in [1.807, 2.05) is 0 Å². The molecule has 4 N–H and O–H groups in total. The number of H-pyrrole nitrogens is 2. The third-order valence-electron chi connectivity index (χ3n) is 2.77. The molecule has 0 spiro atoms. The quantitative estimate of drug-likeness (QED) is 0.563. The molecule has 2 aromatic heterocycles. The third-order valence-corrected chi connectivity index (χ3v) is 4.17. The predicted molar refractivity (Wildman–Crippen MR) is 73.4 cm³/mol. The van der Waals surface area contributed by atoms with Gasteiger partial charge in [-0.1, -0.05) is 0 Å². The molecule has 0 unspecified atom stereocenters. The molecule has 0 saturated heterocycles. The summed E-state index contributed by atoms with van der Waals surface area (Å²) in [5, 5.41) is 5.81. The molecule has 21 heavy (non-hydrogen) atoms. The molecule has 0 saturated carbocycles. The molecule has 0 aromatic carbocycles. The van der Waals surface area contributed by atoms with Crippen LogP contribution in [-0.4, -0.2) is 46.2 Å². The maximum atomic E-state index is 11.7. The number of urea groups is 1. The van der Waals surface area contributed by atoms with Crippen LogP contribution >= 0.6 is 0 Å². The predicted octanol–water partition coefficient (Wildman–Crippen LogP) is -0.922. The summed E-state index contributed by atoms with van der Waals surface area (Å²) in [6.45, 7) is 0. The number of carbonyl (C=O) groups excluding carboxylic acids is 1. The Hall–Kier alpha value is -2.69. The molecule has 0 radical (unpaired) electrons. The molecule has 110 valence electrons. The normalized spacial score (nSPS) is 19.7. The number of imidazole rings is 1. The molecule has 3 heterocycles. The van der Waals surface area contributed by atoms with Crippen molar-refractivity contribution < 1.29 is 13.2 Å². The van der Waals surface area contributed by atoms with E-state index in [1.54, 1.807) is 0 Å². The van der Waals surface area contributed by atoms with Gasteiger partial charge in [-0.05, 0) is 6.08 Å². The van der Waals surface area contributed by atoms with Crippen molar-refractivity contribution in [3.8, 4) is 0 Å². The van der Waals surface area contributed by atoms with E-state index in [9.17, 15) is 18.0 Å². The number of fused-ring (bicyclic) bond motifs is 1. The first-order chi connectivity index (χ1) is 9.93. The molecule has 0 bridgehead atoms. The average molecular weight is 310 g/mol. The summed E-state index contributed by atoms with van der Waals surface area (Å²) in [6, 6.07) is -1.30. The summed E-state index contributed by atoms with van der Waals surface area (Å²) >= 11 is 0. The van der Waals surface area contributed by atoms with E-state index < -0.39 is 27.5 Å². The number of anilines is 1. The SMILES string of the molecule is O=C(Nc1nc2nc[nH]c2c(=O)[nH]1)N[C@H]1C=CS(=O)(=O)C1. The third kappa shape index (κ3) is 2.76. The Kier molecular flexibility index (Phi) is 2.97. The van der Waals surface area contributed by atoms with E-state index in [2.05, 4.69) is 30.6 Å². The van der Waals surface area contributed by atoms with Crippen molar-refractivity contribution in [3.05, 3.63) is 28.2 Å². The number of hydrogen-bond acceptors (Lipinski definition) is 6. The highest BCUT2D eigenvalue weighted by atomic mass is 32.2. The van der Waals surface area contributed by atoms with Crippen molar-refractivity contribution in [1.82, 2.24) is 25.3 Å². The standard InChI is InChI=1S/C10H10N6O4S/c17-8-6-7(12-4-11-6)14-9(15-8)16-10(18)13-5-1-2-21(19,20)3-5/h1-2,4-5H,3H2,(H4,11,12,13,14,15,16,17,18)/t5-/m0/s1. The maximum Gasteiger partial charge on any atom is 0.322 e. The fourth-order valence-electron chi connectivity index (χ4n) is 1.88. The first kappa shape index (κ1) is 13.3. The van der Waals surface area contributed by atoms with Gasteiger partial charge in [0.2, 0.25) is 5.95 Å². The van der Waals surface area contributed by atoms with E-state index in [0.29, 0.717) is 0 Å². The molecule has 0 aliphatic carbocycles. The summed E-state index contributed by atoms with van der Waals surface area (Å²) < 4.78 is 22.4. The zero-order valence-corrected chi connectivity index (χ0v) is 11.3. The summed E-state index contributed by atoms with van der Waals surface area (Å²) in [5.41, 5.74) is -0.112. The van der Waals surface area contributed by atoms with E-state index in [-0.39, 0.29) is 22.9 Å². The summed E-state index contributed by atoms with van der Waals surface area (Å²) in [5.74, 6) is -0.273. The van der Waals surface area contributed by atoms with E-state index in [1.165, 1.54) is 12.4 Å². The first-order valence-corrected chi connectivity index (χ1v) is 7.56. The van der Waals surface area contributed by atoms with Crippen LogP contribution < -0.4 is 16.2 Å². The van der Waals surface area contributed by atoms with Crippen LogP contribution in [0.5, 0.6) is 0 Å². The smallest absolute Gasteiger partial charge is 0.322 e. The molecular weight excluding hydrogens is 300 g/mol. The van der Waals surface area contributed by atoms with Gasteiger partial charge in [0.1, 0.15) is 0 Å². The number of aromatic amines is 2. The first-order valence-electron chi connectivity index (χ1n) is 5.85. The summed E-state index contributed by atoms with van der Waals surface area (Å²) in [4.78, 5) is 36.1. The van der Waals surface area contributed by atoms with Crippen molar-refractivity contribution in [2.75, 3.05) is 11.1 Å². The lowest BCUT2D eigenvalue weighted by Crippen LogP contribution is -2.39. The molecule has 1 aliphatic rings. The topological polar surface area (TPSA) is 150 Å². The number of amides is 2. The zero-order valence-electron chi connectivity index (χ0n) is 10.5. The van der Waals surface area contributed by atoms with Crippen LogP contribution in [0.25, 0.3) is 11.2 Å². The number of nitrogens with zero attached hydrogens (tertiary/aromatic N) is 2. The fourth-order valence-corrected chi connectivity index (χ4v) is 3.11. The minimum Gasteiger partial charge on any atom is -0.339 e. The molecule has 2 amide bonds. The second kappa shape index (κ2) is 4.70. The molecular formula is C10H10N6O4S. The Morgan fingerprint density at radius 2 is 2.24 bits per heavy atom. The zero-order chi connectivity index (χ0) is 15.0. The van der Waals surface area contributed by atoms with Gasteiger partial charge in [-0.3, -0.25) is 15.1 Å². The van der Waals surface area contributed by atoms with Gasteiger partial charge in [-0.15, -0.1) is 0 Å². The van der Waals surface area contributed by atoms with Crippen LogP contribution in [0.2, 0.25) is 0 Å². The number of rotatable bonds is 2. The van der Waals surface area contributed by atoms with E-state index in [4.69, 9.17) is 0 Å². The van der Waals surface area contributed by atoms with Crippen LogP contribution in [0.3, 0.4) is 0 Å². The molecule has 10 nitrogen and oxygen atoms in total. The van der Waals surface area contributed by atoms with Gasteiger partial charge in [-0.2, -0.15) is 4.98 Å². The van der Waals surface area contributed by atoms with E-state index in [0.717, 1.165) is 5.41 Å². The molecule has 3 rings (SSSR count). The Labute approximate surface area is 117 Å². The van der Waals surface area contributed by atoms with Crippen molar-refractivity contribution in [2.45, 2.75) is 6.04 Å². The van der Waals surface area contributed by atoms with Crippen molar-refractivity contribution in [1.29, 1.82) is 0 Å². The number of nitrogens with one attached hydrogen (secondary N) is 4. The second-order valence-electron chi connectivity index (χ2n) is 4.38. The second-order valence-corrected chi connectivity index (χ2v) is 6.31. The largest absolute Gasteiger partial charge is 0.339 e. The van der Waals surface area contributed by atoms with Crippen molar-refractivity contribution >= 4 is 33.0 Å². The Balaban J connectivity index is 1.72. The summed E-state index contributed by atoms with van der Waals surface area (Å²) in [6.07, 6.45) is 2.69. The Bertz CT molecular complexity index is 896. The van der Waals surface area contributed by atoms with E-state index >= 15 is 0 Å². The van der Waals surface area contributed by atoms with Gasteiger partial charge >= 0.3 is 6.03 Å². The number of sulfone groups is 1. The van der Waals surface area contributed by atoms with Crippen LogP contribution in [0.4, 0.5) is 10.7 Å². The van der Waals surface area contributed by atoms with Crippen molar-refractivity contribution in [2.24, 2.45) is 0 Å². The van der Waals surface area contributed by atoms with Gasteiger partial charge in [0.15, 0.2) is 21.0 Å². The Morgan fingerprint density at radius 3 is 2.95 bits per heavy atom. The van der Waals surface area contributed by atoms with Crippen LogP contribution in [-0.2, 0) is 9.84 Å². The number of carbonyl (C=O) groups is 1. The highest BCUT2D eigenvalue weighted by Crippen LogP contribution is 2.08. The lowest BCUT2D eigenvalue weighted by Gasteiger charge is -2.10. The molecule has 11 heteroatoms. The van der Waals surface area contributed by atoms with Gasteiger partial charge < -0.3 is 10.3 Å². The molecule has 0 fully saturated rings. The van der Waals surface area contributed by atoms with Crippen LogP contribution in [0.15, 0.2) is 22.6 Å². The molecule has 1 atom stereocenters. The van der Waals surface area contributed by atoms with Crippen molar-refractivity contribution in [3.63, 3.8) is 0 Å². The minimum atomic E-state index is -3.25. The molecule has 1 aliphatic heterocycles. The highest BCUT2D eigenvalue weighted by molar-refractivity contribution is 7.94. The van der Waals surface area contributed by atoms with Crippen LogP contribution in [0.1, 0.15) is 0 Å². The monoisotopic (exact) mass is 310 g/mol. The lowest BCUT2D eigenvalue weighted by molar-refractivity contribution is 0.251. The summed E-state index contributed by atoms with van der Waals surface area (Å²) in [7, 11) is -3.25. The highest BCUT2D eigenvalue weighted by Gasteiger charge is 2.23. The van der Waals surface area contributed by atoms with Gasteiger partial charge in [0, 0.05) is 5.41 Å². The fraction of sp³-hybridized carbons (Fsp3) is 0.200. The Morgan fingerprint density at radius 1 is 1.43 bits per heavy atom. The number of hydrogen-bond donors (Lipinski definition) is 4. The minimum absolute atomic E-state index is 0.0815. The van der Waals surface area contributed by atoms with Gasteiger partial charge in [0.05, 0.1) is 18.1 Å². The number of aromatic nitrogens is 4. The molecule has 2 aromatic rings. The lowest BCUT2D eigenvalue weighted by atomic mass is 10.3. The maximum absolute atomic E-state index is 11.7. The van der Waals surface area contributed by atoms with Gasteiger partial charge in [0.25, 0.3) is 5.56 Å². The average Bonchev–Trinajstić information content (AvgIpc) is 2.96. The van der Waals surface area contributed by atoms with Gasteiger partial charge in [-0.25, -0.2) is 18.2 Å².